The van der Waals surface area contributed by atoms with Gasteiger partial charge in [-0.15, -0.1) is 4.91 Å². The number of anilines is 2. The van der Waals surface area contributed by atoms with Crippen molar-refractivity contribution in [3.8, 4) is 11.4 Å². The van der Waals surface area contributed by atoms with Gasteiger partial charge in [-0.1, -0.05) is 36.2 Å². The van der Waals surface area contributed by atoms with Crippen LogP contribution in [0.5, 0.6) is 5.75 Å². The first-order chi connectivity index (χ1) is 23.8. The van der Waals surface area contributed by atoms with Gasteiger partial charge >= 0.3 is 5.69 Å². The van der Waals surface area contributed by atoms with Crippen LogP contribution in [-0.4, -0.2) is 61.5 Å². The molecule has 1 N–H and O–H groups in total. The first kappa shape index (κ1) is 34.1. The summed E-state index contributed by atoms with van der Waals surface area (Å²) >= 11 is 12.7. The second-order valence-electron chi connectivity index (χ2n) is 11.5. The van der Waals surface area contributed by atoms with Gasteiger partial charge in [0.1, 0.15) is 44.0 Å². The molecule has 3 aromatic carbocycles. The molecule has 5 aromatic rings. The van der Waals surface area contributed by atoms with Crippen molar-refractivity contribution in [3.05, 3.63) is 117 Å². The van der Waals surface area contributed by atoms with Gasteiger partial charge < -0.3 is 19.5 Å². The first-order valence-electron chi connectivity index (χ1n) is 15.7. The molecular formula is C33H35Cl2N9O5. The molecule has 0 saturated carbocycles. The Morgan fingerprint density at radius 1 is 1.10 bits per heavy atom. The molecule has 0 bridgehead atoms. The van der Waals surface area contributed by atoms with Crippen molar-refractivity contribution < 1.29 is 14.2 Å². The summed E-state index contributed by atoms with van der Waals surface area (Å²) in [7, 11) is 0. The molecule has 256 valence electrons. The zero-order valence-electron chi connectivity index (χ0n) is 26.9. The minimum absolute atomic E-state index is 0.000553. The predicted octanol–water partition coefficient (Wildman–Crippen LogP) is 5.85. The van der Waals surface area contributed by atoms with Crippen LogP contribution in [0, 0.1) is 4.91 Å². The number of rotatable bonds is 15. The highest BCUT2D eigenvalue weighted by molar-refractivity contribution is 6.35. The summed E-state index contributed by atoms with van der Waals surface area (Å²) in [6, 6.07) is 19.6. The lowest BCUT2D eigenvalue weighted by molar-refractivity contribution is -0.190. The quantitative estimate of drug-likeness (QED) is 0.104. The summed E-state index contributed by atoms with van der Waals surface area (Å²) in [5.41, 5.74) is 2.52. The van der Waals surface area contributed by atoms with Crippen LogP contribution in [-0.2, 0) is 21.8 Å². The predicted molar refractivity (Wildman–Crippen MR) is 185 cm³/mol. The van der Waals surface area contributed by atoms with Gasteiger partial charge in [-0.3, -0.25) is 0 Å². The molecule has 1 saturated heterocycles. The van der Waals surface area contributed by atoms with Gasteiger partial charge in [0.15, 0.2) is 0 Å². The van der Waals surface area contributed by atoms with Crippen LogP contribution in [0.25, 0.3) is 5.69 Å². The van der Waals surface area contributed by atoms with Crippen molar-refractivity contribution in [1.29, 1.82) is 0 Å². The van der Waals surface area contributed by atoms with Crippen molar-refractivity contribution in [2.75, 3.05) is 36.6 Å². The molecule has 0 amide bonds. The van der Waals surface area contributed by atoms with E-state index >= 15 is 0 Å². The number of nitrogens with one attached hydrogen (secondary N) is 1. The second kappa shape index (κ2) is 15.2. The maximum atomic E-state index is 12.7. The van der Waals surface area contributed by atoms with Crippen LogP contribution >= 0.6 is 23.2 Å². The van der Waals surface area contributed by atoms with E-state index in [2.05, 4.69) is 25.8 Å². The van der Waals surface area contributed by atoms with E-state index in [1.54, 1.807) is 53.5 Å². The molecule has 1 aliphatic heterocycles. The van der Waals surface area contributed by atoms with Gasteiger partial charge in [-0.25, -0.2) is 28.7 Å². The normalized spacial score (nSPS) is 17.9. The topological polar surface area (TPSA) is 143 Å². The lowest BCUT2D eigenvalue weighted by Gasteiger charge is -2.29. The third-order valence-electron chi connectivity index (χ3n) is 8.21. The van der Waals surface area contributed by atoms with Gasteiger partial charge in [0.05, 0.1) is 40.9 Å². The van der Waals surface area contributed by atoms with Gasteiger partial charge in [-0.05, 0) is 74.0 Å². The van der Waals surface area contributed by atoms with E-state index in [9.17, 15) is 9.70 Å². The van der Waals surface area contributed by atoms with Crippen molar-refractivity contribution in [2.24, 2.45) is 5.29 Å². The first-order valence-corrected chi connectivity index (χ1v) is 16.5. The molecule has 1 unspecified atom stereocenters. The maximum absolute atomic E-state index is 12.7. The highest BCUT2D eigenvalue weighted by Gasteiger charge is 2.45. The van der Waals surface area contributed by atoms with Crippen LogP contribution < -0.4 is 20.8 Å². The molecule has 0 aliphatic carbocycles. The molecule has 0 spiro atoms. The Morgan fingerprint density at radius 3 is 2.59 bits per heavy atom. The Labute approximate surface area is 292 Å². The molecule has 6 rings (SSSR count). The van der Waals surface area contributed by atoms with Gasteiger partial charge in [0.25, 0.3) is 0 Å². The lowest BCUT2D eigenvalue weighted by atomic mass is 10.1. The summed E-state index contributed by atoms with van der Waals surface area (Å²) in [5, 5.41) is 17.2. The molecule has 0 radical (unpaired) electrons. The maximum Gasteiger partial charge on any atom is 0.350 e. The van der Waals surface area contributed by atoms with E-state index in [0.717, 1.165) is 12.1 Å². The highest BCUT2D eigenvalue weighted by Crippen LogP contribution is 2.40. The van der Waals surface area contributed by atoms with Crippen molar-refractivity contribution in [1.82, 2.24) is 29.1 Å². The van der Waals surface area contributed by atoms with E-state index in [1.807, 2.05) is 38.1 Å². The Kier molecular flexibility index (Phi) is 10.6. The number of benzene rings is 3. The van der Waals surface area contributed by atoms with E-state index in [4.69, 9.17) is 37.4 Å². The third-order valence-corrected chi connectivity index (χ3v) is 8.75. The molecule has 3 heterocycles. The van der Waals surface area contributed by atoms with E-state index in [1.165, 1.54) is 26.9 Å². The largest absolute Gasteiger partial charge is 0.491 e. The van der Waals surface area contributed by atoms with Crippen molar-refractivity contribution in [3.63, 3.8) is 0 Å². The molecule has 14 nitrogen and oxygen atoms in total. The third kappa shape index (κ3) is 7.78. The average molecular weight is 709 g/mol. The van der Waals surface area contributed by atoms with Crippen LogP contribution in [0.4, 0.5) is 11.4 Å². The van der Waals surface area contributed by atoms with E-state index in [-0.39, 0.29) is 37.6 Å². The number of nitroso groups, excluding NO2 is 1. The SMILES string of the molecule is CCC(C)n1ncn(-c2ccc(N(CCNc3ccc(OC[C@H]4CO[C@](Cn5cncn5)(c5ccc(Cl)cc5Cl)O4)cc3)N=O)cc2)c1=O. The number of nitrogens with zero attached hydrogens (tertiary/aromatic N) is 8. The zero-order chi connectivity index (χ0) is 34.4. The monoisotopic (exact) mass is 707 g/mol. The zero-order valence-corrected chi connectivity index (χ0v) is 28.4. The number of ether oxygens (including phenoxy) is 3. The van der Waals surface area contributed by atoms with Crippen molar-refractivity contribution in [2.45, 2.75) is 44.7 Å². The summed E-state index contributed by atoms with van der Waals surface area (Å²) in [6.07, 6.45) is 4.94. The Bertz CT molecular complexity index is 1900. The van der Waals surface area contributed by atoms with Crippen LogP contribution in [0.15, 0.2) is 95.8 Å². The van der Waals surface area contributed by atoms with Crippen LogP contribution in [0.3, 0.4) is 0 Å². The Morgan fingerprint density at radius 2 is 1.90 bits per heavy atom. The minimum atomic E-state index is -1.19. The van der Waals surface area contributed by atoms with Gasteiger partial charge in [0.2, 0.25) is 5.79 Å². The summed E-state index contributed by atoms with van der Waals surface area (Å²) in [6.45, 7) is 5.47. The molecule has 2 aromatic heterocycles. The van der Waals surface area contributed by atoms with Crippen molar-refractivity contribution >= 4 is 34.6 Å². The minimum Gasteiger partial charge on any atom is -0.491 e. The number of hydrogen-bond acceptors (Lipinski definition) is 10. The molecule has 3 atom stereocenters. The Hall–Kier alpha value is -4.76. The smallest absolute Gasteiger partial charge is 0.350 e. The van der Waals surface area contributed by atoms with Crippen LogP contribution in [0.2, 0.25) is 10.0 Å². The number of hydrogen-bond donors (Lipinski definition) is 1. The fourth-order valence-electron chi connectivity index (χ4n) is 5.42. The second-order valence-corrected chi connectivity index (χ2v) is 12.3. The summed E-state index contributed by atoms with van der Waals surface area (Å²) in [5.74, 6) is -0.544. The van der Waals surface area contributed by atoms with E-state index < -0.39 is 5.79 Å². The molecule has 49 heavy (non-hydrogen) atoms. The fourth-order valence-corrected chi connectivity index (χ4v) is 5.97. The fraction of sp³-hybridized carbons (Fsp3) is 0.333. The van der Waals surface area contributed by atoms with Gasteiger partial charge in [0, 0.05) is 22.8 Å². The number of halogens is 2. The summed E-state index contributed by atoms with van der Waals surface area (Å²) in [4.78, 5) is 28.4. The lowest BCUT2D eigenvalue weighted by Crippen LogP contribution is -2.35. The average Bonchev–Trinajstić information content (AvgIpc) is 3.87. The molecule has 1 aliphatic rings. The standard InChI is InChI=1S/C33H35Cl2N9O5/c1-3-23(2)44-32(45)42(22-39-44)26-7-9-27(10-8-26)43(40-46)15-14-37-25-5-11-28(12-6-25)47-17-29-18-48-33(49-29,19-41-21-36-20-38-41)30-13-4-24(34)16-31(30)35/h4-13,16,20-23,29,37H,3,14-15,17-19H2,1-2H3/t23?,29-,33-/m0/s1. The molecular weight excluding hydrogens is 673 g/mol. The Balaban J connectivity index is 1.00. The molecule has 16 heteroatoms. The van der Waals surface area contributed by atoms with Crippen LogP contribution in [0.1, 0.15) is 31.9 Å². The van der Waals surface area contributed by atoms with Gasteiger partial charge in [-0.2, -0.15) is 10.2 Å². The summed E-state index contributed by atoms with van der Waals surface area (Å²) < 4.78 is 23.2. The highest BCUT2D eigenvalue weighted by atomic mass is 35.5. The van der Waals surface area contributed by atoms with E-state index in [0.29, 0.717) is 45.8 Å². The molecule has 1 fully saturated rings. The number of aromatic nitrogens is 6.